The first-order valence-corrected chi connectivity index (χ1v) is 8.34. The van der Waals surface area contributed by atoms with Gasteiger partial charge in [0.1, 0.15) is 6.10 Å². The first-order chi connectivity index (χ1) is 10.3. The fourth-order valence-electron chi connectivity index (χ4n) is 1.72. The molecule has 5 nitrogen and oxygen atoms in total. The fourth-order valence-corrected chi connectivity index (χ4v) is 1.72. The van der Waals surface area contributed by atoms with Gasteiger partial charge < -0.3 is 24.1 Å². The molecule has 0 amide bonds. The van der Waals surface area contributed by atoms with Crippen molar-refractivity contribution < 1.29 is 24.1 Å². The maximum absolute atomic E-state index is 9.57. The lowest BCUT2D eigenvalue weighted by Crippen LogP contribution is -2.24. The van der Waals surface area contributed by atoms with Crippen LogP contribution in [-0.4, -0.2) is 63.6 Å². The molecular weight excluding hydrogens is 284 g/mol. The second-order valence-electron chi connectivity index (χ2n) is 7.00. The average molecular weight is 320 g/mol. The second-order valence-corrected chi connectivity index (χ2v) is 7.00. The van der Waals surface area contributed by atoms with Gasteiger partial charge in [-0.15, -0.1) is 0 Å². The third kappa shape index (κ3) is 17.9. The maximum Gasteiger partial charge on any atom is 0.101 e. The minimum absolute atomic E-state index is 0.126. The Morgan fingerprint density at radius 3 is 1.91 bits per heavy atom. The predicted molar refractivity (Wildman–Crippen MR) is 88.2 cm³/mol. The lowest BCUT2D eigenvalue weighted by molar-refractivity contribution is -0.0477. The quantitative estimate of drug-likeness (QED) is 0.499. The Bertz CT molecular complexity index is 238. The first kappa shape index (κ1) is 21.8. The van der Waals surface area contributed by atoms with Gasteiger partial charge in [-0.25, -0.2) is 0 Å². The van der Waals surface area contributed by atoms with Crippen LogP contribution in [0.25, 0.3) is 0 Å². The third-order valence-corrected chi connectivity index (χ3v) is 2.89. The summed E-state index contributed by atoms with van der Waals surface area (Å²) in [6.07, 6.45) is 1.81. The summed E-state index contributed by atoms with van der Waals surface area (Å²) in [5, 5.41) is 9.57. The number of aliphatic hydroxyl groups excluding tert-OH is 1. The molecular formula is C17H36O5. The first-order valence-electron chi connectivity index (χ1n) is 8.34. The predicted octanol–water partition coefficient (Wildman–Crippen LogP) is 2.65. The largest absolute Gasteiger partial charge is 0.388 e. The molecule has 0 heterocycles. The van der Waals surface area contributed by atoms with E-state index in [9.17, 15) is 5.11 Å². The Morgan fingerprint density at radius 2 is 1.36 bits per heavy atom. The zero-order valence-corrected chi connectivity index (χ0v) is 15.1. The minimum Gasteiger partial charge on any atom is -0.388 e. The normalized spacial score (nSPS) is 13.8. The van der Waals surface area contributed by atoms with E-state index < -0.39 is 6.10 Å². The Morgan fingerprint density at radius 1 is 0.818 bits per heavy atom. The SMILES string of the molecule is CC(C)OCC(O)COCCOCCOCCCC(C)(C)C. The molecule has 0 aliphatic carbocycles. The summed E-state index contributed by atoms with van der Waals surface area (Å²) in [6, 6.07) is 0. The number of aliphatic hydroxyl groups is 1. The molecule has 0 aliphatic rings. The third-order valence-electron chi connectivity index (χ3n) is 2.89. The topological polar surface area (TPSA) is 57.2 Å². The summed E-state index contributed by atoms with van der Waals surface area (Å²) in [4.78, 5) is 0. The van der Waals surface area contributed by atoms with E-state index in [2.05, 4.69) is 20.8 Å². The van der Waals surface area contributed by atoms with Gasteiger partial charge in [0.25, 0.3) is 0 Å². The van der Waals surface area contributed by atoms with Crippen LogP contribution in [0.1, 0.15) is 47.5 Å². The average Bonchev–Trinajstić information content (AvgIpc) is 2.41. The van der Waals surface area contributed by atoms with Crippen molar-refractivity contribution >= 4 is 0 Å². The summed E-state index contributed by atoms with van der Waals surface area (Å²) >= 11 is 0. The van der Waals surface area contributed by atoms with Gasteiger partial charge >= 0.3 is 0 Å². The lowest BCUT2D eigenvalue weighted by atomic mass is 9.91. The van der Waals surface area contributed by atoms with Crippen molar-refractivity contribution in [2.24, 2.45) is 5.41 Å². The van der Waals surface area contributed by atoms with Crippen LogP contribution in [0, 0.1) is 5.41 Å². The van der Waals surface area contributed by atoms with Crippen LogP contribution < -0.4 is 0 Å². The highest BCUT2D eigenvalue weighted by Crippen LogP contribution is 2.20. The van der Waals surface area contributed by atoms with E-state index in [1.807, 2.05) is 13.8 Å². The molecule has 0 rings (SSSR count). The lowest BCUT2D eigenvalue weighted by Gasteiger charge is -2.17. The Balaban J connectivity index is 3.17. The highest BCUT2D eigenvalue weighted by molar-refractivity contribution is 4.60. The molecule has 0 spiro atoms. The summed E-state index contributed by atoms with van der Waals surface area (Å²) in [6.45, 7) is 14.2. The van der Waals surface area contributed by atoms with Crippen molar-refractivity contribution in [2.75, 3.05) is 46.2 Å². The van der Waals surface area contributed by atoms with Crippen LogP contribution in [0.15, 0.2) is 0 Å². The smallest absolute Gasteiger partial charge is 0.101 e. The highest BCUT2D eigenvalue weighted by Gasteiger charge is 2.08. The Hall–Kier alpha value is -0.200. The molecule has 0 fully saturated rings. The van der Waals surface area contributed by atoms with Crippen molar-refractivity contribution in [3.8, 4) is 0 Å². The van der Waals surface area contributed by atoms with Crippen LogP contribution in [0.3, 0.4) is 0 Å². The van der Waals surface area contributed by atoms with E-state index in [-0.39, 0.29) is 12.7 Å². The zero-order chi connectivity index (χ0) is 16.8. The molecule has 134 valence electrons. The van der Waals surface area contributed by atoms with Gasteiger partial charge in [0.05, 0.1) is 45.7 Å². The van der Waals surface area contributed by atoms with E-state index in [1.54, 1.807) is 0 Å². The molecule has 0 saturated heterocycles. The summed E-state index contributed by atoms with van der Waals surface area (Å²) in [5.41, 5.74) is 0.377. The molecule has 1 unspecified atom stereocenters. The van der Waals surface area contributed by atoms with E-state index in [0.29, 0.717) is 38.4 Å². The van der Waals surface area contributed by atoms with Gasteiger partial charge in [0.2, 0.25) is 0 Å². The van der Waals surface area contributed by atoms with Gasteiger partial charge in [-0.1, -0.05) is 20.8 Å². The molecule has 1 atom stereocenters. The Labute approximate surface area is 136 Å². The maximum atomic E-state index is 9.57. The van der Waals surface area contributed by atoms with Gasteiger partial charge in [-0.3, -0.25) is 0 Å². The molecule has 0 aliphatic heterocycles. The van der Waals surface area contributed by atoms with Crippen LogP contribution >= 0.6 is 0 Å². The van der Waals surface area contributed by atoms with Crippen LogP contribution in [-0.2, 0) is 18.9 Å². The summed E-state index contributed by atoms with van der Waals surface area (Å²) in [5.74, 6) is 0. The second kappa shape index (κ2) is 13.3. The molecule has 0 saturated carbocycles. The van der Waals surface area contributed by atoms with Gasteiger partial charge in [0.15, 0.2) is 0 Å². The minimum atomic E-state index is -0.575. The Kier molecular flexibility index (Phi) is 13.1. The van der Waals surface area contributed by atoms with E-state index >= 15 is 0 Å². The van der Waals surface area contributed by atoms with Gasteiger partial charge in [0, 0.05) is 6.61 Å². The van der Waals surface area contributed by atoms with E-state index in [4.69, 9.17) is 18.9 Å². The monoisotopic (exact) mass is 320 g/mol. The molecule has 0 aromatic rings. The summed E-state index contributed by atoms with van der Waals surface area (Å²) < 4.78 is 21.5. The van der Waals surface area contributed by atoms with E-state index in [1.165, 1.54) is 6.42 Å². The number of rotatable bonds is 14. The van der Waals surface area contributed by atoms with Crippen LogP contribution in [0.5, 0.6) is 0 Å². The van der Waals surface area contributed by atoms with Crippen molar-refractivity contribution in [3.63, 3.8) is 0 Å². The van der Waals surface area contributed by atoms with E-state index in [0.717, 1.165) is 13.0 Å². The van der Waals surface area contributed by atoms with Crippen molar-refractivity contribution in [1.29, 1.82) is 0 Å². The zero-order valence-electron chi connectivity index (χ0n) is 15.1. The molecule has 22 heavy (non-hydrogen) atoms. The summed E-state index contributed by atoms with van der Waals surface area (Å²) in [7, 11) is 0. The molecule has 0 aromatic heterocycles. The highest BCUT2D eigenvalue weighted by atomic mass is 16.5. The van der Waals surface area contributed by atoms with Gasteiger partial charge in [-0.05, 0) is 32.1 Å². The van der Waals surface area contributed by atoms with Crippen molar-refractivity contribution in [1.82, 2.24) is 0 Å². The van der Waals surface area contributed by atoms with Crippen molar-refractivity contribution in [2.45, 2.75) is 59.7 Å². The van der Waals surface area contributed by atoms with Crippen LogP contribution in [0.2, 0.25) is 0 Å². The molecule has 0 radical (unpaired) electrons. The number of hydrogen-bond acceptors (Lipinski definition) is 5. The number of hydrogen-bond donors (Lipinski definition) is 1. The van der Waals surface area contributed by atoms with Crippen LogP contribution in [0.4, 0.5) is 0 Å². The molecule has 5 heteroatoms. The molecule has 1 N–H and O–H groups in total. The van der Waals surface area contributed by atoms with Gasteiger partial charge in [-0.2, -0.15) is 0 Å². The molecule has 0 bridgehead atoms. The fraction of sp³-hybridized carbons (Fsp3) is 1.00. The van der Waals surface area contributed by atoms with Crippen molar-refractivity contribution in [3.05, 3.63) is 0 Å². The standard InChI is InChI=1S/C17H36O5/c1-15(2)22-14-16(18)13-21-12-11-20-10-9-19-8-6-7-17(3,4)5/h15-16,18H,6-14H2,1-5H3. The molecule has 0 aromatic carbocycles. The number of ether oxygens (including phenoxy) is 4.